The second kappa shape index (κ2) is 3.55. The molecule has 2 N–H and O–H groups in total. The maximum atomic E-state index is 6.18. The van der Waals surface area contributed by atoms with Gasteiger partial charge in [-0.1, -0.05) is 13.8 Å². The van der Waals surface area contributed by atoms with Gasteiger partial charge in [-0.25, -0.2) is 0 Å². The van der Waals surface area contributed by atoms with E-state index in [0.717, 1.165) is 25.9 Å². The van der Waals surface area contributed by atoms with Crippen molar-refractivity contribution in [3.05, 3.63) is 0 Å². The standard InChI is InChI=1S/C9H19NO/c1-3-9(10,4-2)8-6-5-7-11-8/h8H,3-7,10H2,1-2H3. The van der Waals surface area contributed by atoms with E-state index in [-0.39, 0.29) is 5.54 Å². The fourth-order valence-corrected chi connectivity index (χ4v) is 1.74. The zero-order valence-electron chi connectivity index (χ0n) is 7.60. The van der Waals surface area contributed by atoms with Crippen LogP contribution < -0.4 is 5.73 Å². The normalized spacial score (nSPS) is 25.9. The number of rotatable bonds is 3. The zero-order chi connectivity index (χ0) is 8.32. The first kappa shape index (κ1) is 9.01. The molecule has 1 atom stereocenters. The molecule has 1 fully saturated rings. The third kappa shape index (κ3) is 1.74. The van der Waals surface area contributed by atoms with Crippen LogP contribution >= 0.6 is 0 Å². The molecule has 66 valence electrons. The Morgan fingerprint density at radius 1 is 1.45 bits per heavy atom. The van der Waals surface area contributed by atoms with Gasteiger partial charge in [-0.15, -0.1) is 0 Å². The van der Waals surface area contributed by atoms with E-state index in [1.807, 2.05) is 0 Å². The van der Waals surface area contributed by atoms with Crippen LogP contribution in [0, 0.1) is 0 Å². The lowest BCUT2D eigenvalue weighted by atomic mass is 9.86. The van der Waals surface area contributed by atoms with Crippen LogP contribution in [0.2, 0.25) is 0 Å². The lowest BCUT2D eigenvalue weighted by Gasteiger charge is -2.32. The van der Waals surface area contributed by atoms with Crippen molar-refractivity contribution >= 4 is 0 Å². The van der Waals surface area contributed by atoms with E-state index in [1.54, 1.807) is 0 Å². The van der Waals surface area contributed by atoms with Crippen molar-refractivity contribution in [2.75, 3.05) is 6.61 Å². The summed E-state index contributed by atoms with van der Waals surface area (Å²) >= 11 is 0. The molecule has 2 nitrogen and oxygen atoms in total. The summed E-state index contributed by atoms with van der Waals surface area (Å²) in [4.78, 5) is 0. The van der Waals surface area contributed by atoms with E-state index in [1.165, 1.54) is 6.42 Å². The van der Waals surface area contributed by atoms with Crippen LogP contribution in [-0.4, -0.2) is 18.2 Å². The van der Waals surface area contributed by atoms with E-state index >= 15 is 0 Å². The summed E-state index contributed by atoms with van der Waals surface area (Å²) < 4.78 is 5.57. The highest BCUT2D eigenvalue weighted by Crippen LogP contribution is 2.26. The minimum Gasteiger partial charge on any atom is -0.376 e. The minimum absolute atomic E-state index is 0.0590. The minimum atomic E-state index is -0.0590. The topological polar surface area (TPSA) is 35.2 Å². The van der Waals surface area contributed by atoms with Gasteiger partial charge in [0.05, 0.1) is 6.10 Å². The average molecular weight is 157 g/mol. The summed E-state index contributed by atoms with van der Waals surface area (Å²) in [7, 11) is 0. The fraction of sp³-hybridized carbons (Fsp3) is 1.00. The second-order valence-electron chi connectivity index (χ2n) is 3.44. The van der Waals surface area contributed by atoms with Crippen LogP contribution in [0.5, 0.6) is 0 Å². The van der Waals surface area contributed by atoms with Gasteiger partial charge < -0.3 is 10.5 Å². The number of hydrogen-bond acceptors (Lipinski definition) is 2. The summed E-state index contributed by atoms with van der Waals surface area (Å²) in [5.74, 6) is 0. The summed E-state index contributed by atoms with van der Waals surface area (Å²) in [5, 5.41) is 0. The molecule has 0 aromatic rings. The molecule has 0 aromatic carbocycles. The molecule has 2 heteroatoms. The van der Waals surface area contributed by atoms with Crippen LogP contribution in [0.1, 0.15) is 39.5 Å². The average Bonchev–Trinajstić information content (AvgIpc) is 2.55. The number of nitrogens with two attached hydrogens (primary N) is 1. The lowest BCUT2D eigenvalue weighted by molar-refractivity contribution is 0.0420. The Hall–Kier alpha value is -0.0800. The molecule has 1 saturated heterocycles. The van der Waals surface area contributed by atoms with E-state index in [2.05, 4.69) is 13.8 Å². The van der Waals surface area contributed by atoms with E-state index in [0.29, 0.717) is 6.10 Å². The molecule has 1 aliphatic heterocycles. The second-order valence-corrected chi connectivity index (χ2v) is 3.44. The Morgan fingerprint density at radius 3 is 2.45 bits per heavy atom. The van der Waals surface area contributed by atoms with Crippen LogP contribution in [-0.2, 0) is 4.74 Å². The first-order valence-electron chi connectivity index (χ1n) is 4.63. The highest BCUT2D eigenvalue weighted by atomic mass is 16.5. The van der Waals surface area contributed by atoms with Gasteiger partial charge in [-0.3, -0.25) is 0 Å². The van der Waals surface area contributed by atoms with Gasteiger partial charge in [0.1, 0.15) is 0 Å². The highest BCUT2D eigenvalue weighted by molar-refractivity contribution is 4.91. The van der Waals surface area contributed by atoms with Crippen molar-refractivity contribution in [3.63, 3.8) is 0 Å². The summed E-state index contributed by atoms with van der Waals surface area (Å²) in [6.07, 6.45) is 4.70. The smallest absolute Gasteiger partial charge is 0.0755 e. The van der Waals surface area contributed by atoms with Crippen LogP contribution in [0.4, 0.5) is 0 Å². The zero-order valence-corrected chi connectivity index (χ0v) is 7.60. The fourth-order valence-electron chi connectivity index (χ4n) is 1.74. The molecule has 1 unspecified atom stereocenters. The maximum Gasteiger partial charge on any atom is 0.0755 e. The quantitative estimate of drug-likeness (QED) is 0.676. The molecule has 1 rings (SSSR count). The first-order chi connectivity index (χ1) is 5.23. The molecule has 1 heterocycles. The molecule has 0 saturated carbocycles. The first-order valence-corrected chi connectivity index (χ1v) is 4.63. The van der Waals surface area contributed by atoms with Gasteiger partial charge in [0, 0.05) is 12.1 Å². The van der Waals surface area contributed by atoms with Gasteiger partial charge in [0.25, 0.3) is 0 Å². The third-order valence-electron chi connectivity index (χ3n) is 2.89. The van der Waals surface area contributed by atoms with E-state index in [9.17, 15) is 0 Å². The molecule has 0 amide bonds. The predicted molar refractivity (Wildman–Crippen MR) is 46.5 cm³/mol. The van der Waals surface area contributed by atoms with Crippen LogP contribution in [0.15, 0.2) is 0 Å². The van der Waals surface area contributed by atoms with Crippen molar-refractivity contribution in [2.45, 2.75) is 51.2 Å². The molecule has 0 radical (unpaired) electrons. The van der Waals surface area contributed by atoms with Gasteiger partial charge in [0.15, 0.2) is 0 Å². The van der Waals surface area contributed by atoms with Crippen molar-refractivity contribution in [1.29, 1.82) is 0 Å². The molecule has 0 aliphatic carbocycles. The molecule has 11 heavy (non-hydrogen) atoms. The van der Waals surface area contributed by atoms with Crippen molar-refractivity contribution in [1.82, 2.24) is 0 Å². The molecular weight excluding hydrogens is 138 g/mol. The van der Waals surface area contributed by atoms with Gasteiger partial charge in [-0.05, 0) is 25.7 Å². The van der Waals surface area contributed by atoms with E-state index < -0.39 is 0 Å². The van der Waals surface area contributed by atoms with Crippen molar-refractivity contribution in [2.24, 2.45) is 5.73 Å². The van der Waals surface area contributed by atoms with Crippen molar-refractivity contribution < 1.29 is 4.74 Å². The Kier molecular flexibility index (Phi) is 2.90. The third-order valence-corrected chi connectivity index (χ3v) is 2.89. The molecular formula is C9H19NO. The Balaban J connectivity index is 2.52. The largest absolute Gasteiger partial charge is 0.376 e. The SMILES string of the molecule is CCC(N)(CC)C1CCCO1. The lowest BCUT2D eigenvalue weighted by Crippen LogP contribution is -2.49. The number of hydrogen-bond donors (Lipinski definition) is 1. The summed E-state index contributed by atoms with van der Waals surface area (Å²) in [5.41, 5.74) is 6.12. The summed E-state index contributed by atoms with van der Waals surface area (Å²) in [6, 6.07) is 0. The Bertz CT molecular complexity index is 115. The van der Waals surface area contributed by atoms with Crippen molar-refractivity contribution in [3.8, 4) is 0 Å². The highest BCUT2D eigenvalue weighted by Gasteiger charge is 2.34. The molecule has 0 spiro atoms. The van der Waals surface area contributed by atoms with Gasteiger partial charge in [0.2, 0.25) is 0 Å². The molecule has 1 aliphatic rings. The Morgan fingerprint density at radius 2 is 2.09 bits per heavy atom. The Labute approximate surface area is 69.1 Å². The number of ether oxygens (including phenoxy) is 1. The summed E-state index contributed by atoms with van der Waals surface area (Å²) in [6.45, 7) is 5.19. The monoisotopic (exact) mass is 157 g/mol. The molecule has 0 aromatic heterocycles. The van der Waals surface area contributed by atoms with Crippen LogP contribution in [0.3, 0.4) is 0 Å². The van der Waals surface area contributed by atoms with Gasteiger partial charge >= 0.3 is 0 Å². The molecule has 0 bridgehead atoms. The van der Waals surface area contributed by atoms with Crippen LogP contribution in [0.25, 0.3) is 0 Å². The van der Waals surface area contributed by atoms with E-state index in [4.69, 9.17) is 10.5 Å². The van der Waals surface area contributed by atoms with Gasteiger partial charge in [-0.2, -0.15) is 0 Å². The maximum absolute atomic E-state index is 6.18. The predicted octanol–water partition coefficient (Wildman–Crippen LogP) is 1.68.